The number of carbonyl (C=O) groups is 2. The fourth-order valence-corrected chi connectivity index (χ4v) is 4.89. The molecule has 8 nitrogen and oxygen atoms in total. The minimum Gasteiger partial charge on any atom is -0.435 e. The molecule has 0 radical (unpaired) electrons. The van der Waals surface area contributed by atoms with Gasteiger partial charge in [-0.15, -0.1) is 0 Å². The number of esters is 2. The van der Waals surface area contributed by atoms with E-state index in [0.717, 1.165) is 38.4 Å². The molecule has 0 aromatic rings. The molecule has 0 spiro atoms. The average Bonchev–Trinajstić information content (AvgIpc) is 2.92. The summed E-state index contributed by atoms with van der Waals surface area (Å²) in [6, 6.07) is 0. The van der Waals surface area contributed by atoms with E-state index in [1.807, 2.05) is 0 Å². The molecule has 0 aliphatic heterocycles. The largest absolute Gasteiger partial charge is 0.435 e. The molecule has 0 aromatic carbocycles. The first-order chi connectivity index (χ1) is 19.8. The number of carbonyl (C=O) groups excluding carboxylic acids is 2. The molecule has 1 N–H and O–H groups in total. The van der Waals surface area contributed by atoms with Gasteiger partial charge in [-0.05, 0) is 37.8 Å². The lowest BCUT2D eigenvalue weighted by molar-refractivity contribution is -0.152. The van der Waals surface area contributed by atoms with Gasteiger partial charge < -0.3 is 9.47 Å². The van der Waals surface area contributed by atoms with Crippen molar-refractivity contribution in [1.82, 2.24) is 0 Å². The monoisotopic (exact) mass is 602 g/mol. The Morgan fingerprint density at radius 1 is 0.610 bits per heavy atom. The van der Waals surface area contributed by atoms with E-state index >= 15 is 0 Å². The topological polar surface area (TPSA) is 116 Å². The number of hydrogen-bond acceptors (Lipinski definition) is 7. The molecular formula is C32H58O8S. The first-order valence-electron chi connectivity index (χ1n) is 16.2. The SMILES string of the molecule is CCCCCCCCCCCCC=COC(=O)CC(OS(=O)(=O)O)C(=O)OC=CCCCCCCCCCCCC. The van der Waals surface area contributed by atoms with Crippen molar-refractivity contribution in [3.8, 4) is 0 Å². The van der Waals surface area contributed by atoms with Crippen molar-refractivity contribution in [2.75, 3.05) is 0 Å². The number of rotatable bonds is 29. The zero-order valence-corrected chi connectivity index (χ0v) is 26.7. The molecule has 0 aliphatic rings. The standard InChI is InChI=1S/C32H58O8S/c1-3-5-7-9-11-13-15-17-19-21-23-25-27-38-31(33)29-30(40-41(35,36)37)32(34)39-28-26-24-22-20-18-16-14-12-10-8-6-4-2/h25-28,30H,3-24,29H2,1-2H3,(H,35,36,37). The molecule has 0 amide bonds. The fraction of sp³-hybridized carbons (Fsp3) is 0.812. The molecular weight excluding hydrogens is 544 g/mol. The summed E-state index contributed by atoms with van der Waals surface area (Å²) in [6.45, 7) is 4.44. The summed E-state index contributed by atoms with van der Waals surface area (Å²) in [7, 11) is -4.97. The Hall–Kier alpha value is -1.71. The highest BCUT2D eigenvalue weighted by Crippen LogP contribution is 2.13. The lowest BCUT2D eigenvalue weighted by atomic mass is 10.1. The van der Waals surface area contributed by atoms with Gasteiger partial charge in [-0.1, -0.05) is 129 Å². The van der Waals surface area contributed by atoms with Crippen molar-refractivity contribution >= 4 is 22.3 Å². The fourth-order valence-electron chi connectivity index (χ4n) is 4.45. The number of allylic oxidation sites excluding steroid dienone is 2. The van der Waals surface area contributed by atoms with Crippen molar-refractivity contribution < 1.29 is 36.2 Å². The second-order valence-electron chi connectivity index (χ2n) is 10.8. The lowest BCUT2D eigenvalue weighted by Crippen LogP contribution is -2.30. The van der Waals surface area contributed by atoms with Crippen LogP contribution in [0.25, 0.3) is 0 Å². The molecule has 0 aromatic heterocycles. The van der Waals surface area contributed by atoms with Crippen LogP contribution in [0.3, 0.4) is 0 Å². The zero-order valence-electron chi connectivity index (χ0n) is 25.9. The van der Waals surface area contributed by atoms with E-state index in [0.29, 0.717) is 6.42 Å². The van der Waals surface area contributed by atoms with Crippen LogP contribution >= 0.6 is 0 Å². The van der Waals surface area contributed by atoms with Crippen LogP contribution in [0.5, 0.6) is 0 Å². The van der Waals surface area contributed by atoms with Gasteiger partial charge in [0, 0.05) is 0 Å². The molecule has 0 saturated heterocycles. The molecule has 0 rings (SSSR count). The number of unbranched alkanes of at least 4 members (excludes halogenated alkanes) is 20. The van der Waals surface area contributed by atoms with Crippen molar-refractivity contribution in [1.29, 1.82) is 0 Å². The molecule has 41 heavy (non-hydrogen) atoms. The first-order valence-corrected chi connectivity index (χ1v) is 17.5. The first kappa shape index (κ1) is 39.3. The smallest absolute Gasteiger partial charge is 0.398 e. The lowest BCUT2D eigenvalue weighted by Gasteiger charge is -2.11. The van der Waals surface area contributed by atoms with Gasteiger partial charge in [0.1, 0.15) is 0 Å². The highest BCUT2D eigenvalue weighted by Gasteiger charge is 2.29. The summed E-state index contributed by atoms with van der Waals surface area (Å²) in [5.74, 6) is -1.97. The van der Waals surface area contributed by atoms with Crippen LogP contribution in [0.2, 0.25) is 0 Å². The highest BCUT2D eigenvalue weighted by molar-refractivity contribution is 7.80. The van der Waals surface area contributed by atoms with Gasteiger partial charge in [-0.3, -0.25) is 9.35 Å². The van der Waals surface area contributed by atoms with E-state index in [2.05, 4.69) is 18.0 Å². The van der Waals surface area contributed by atoms with Gasteiger partial charge in [0.25, 0.3) is 0 Å². The van der Waals surface area contributed by atoms with Gasteiger partial charge in [-0.2, -0.15) is 8.42 Å². The van der Waals surface area contributed by atoms with Crippen LogP contribution < -0.4 is 0 Å². The Morgan fingerprint density at radius 2 is 0.976 bits per heavy atom. The van der Waals surface area contributed by atoms with Gasteiger partial charge in [-0.25, -0.2) is 8.98 Å². The molecule has 0 fully saturated rings. The average molecular weight is 603 g/mol. The quantitative estimate of drug-likeness (QED) is 0.0390. The van der Waals surface area contributed by atoms with Crippen molar-refractivity contribution in [3.63, 3.8) is 0 Å². The van der Waals surface area contributed by atoms with Gasteiger partial charge in [0.05, 0.1) is 18.9 Å². The predicted octanol–water partition coefficient (Wildman–Crippen LogP) is 9.30. The third-order valence-electron chi connectivity index (χ3n) is 6.88. The Balaban J connectivity index is 4.10. The summed E-state index contributed by atoms with van der Waals surface area (Å²) in [4.78, 5) is 24.3. The Bertz CT molecular complexity index is 792. The second-order valence-corrected chi connectivity index (χ2v) is 11.9. The van der Waals surface area contributed by atoms with Crippen LogP contribution in [0.15, 0.2) is 24.7 Å². The van der Waals surface area contributed by atoms with Crippen molar-refractivity contribution in [2.45, 2.75) is 168 Å². The molecule has 1 atom stereocenters. The van der Waals surface area contributed by atoms with Crippen LogP contribution in [-0.2, 0) is 33.6 Å². The predicted molar refractivity (Wildman–Crippen MR) is 164 cm³/mol. The normalized spacial score (nSPS) is 12.8. The minimum atomic E-state index is -4.97. The summed E-state index contributed by atoms with van der Waals surface area (Å²) < 4.78 is 45.5. The summed E-state index contributed by atoms with van der Waals surface area (Å²) in [5, 5.41) is 0. The van der Waals surface area contributed by atoms with E-state index in [4.69, 9.17) is 14.0 Å². The third-order valence-corrected chi connectivity index (χ3v) is 7.35. The molecule has 0 saturated carbocycles. The van der Waals surface area contributed by atoms with E-state index in [1.54, 1.807) is 12.2 Å². The van der Waals surface area contributed by atoms with Gasteiger partial charge in [0.2, 0.25) is 0 Å². The molecule has 9 heteroatoms. The molecule has 0 bridgehead atoms. The molecule has 240 valence electrons. The third kappa shape index (κ3) is 29.6. The van der Waals surface area contributed by atoms with E-state index in [-0.39, 0.29) is 0 Å². The second kappa shape index (κ2) is 28.4. The van der Waals surface area contributed by atoms with E-state index in [1.165, 1.54) is 109 Å². The Labute approximate surface area is 250 Å². The summed E-state index contributed by atoms with van der Waals surface area (Å²) in [5.41, 5.74) is 0. The maximum absolute atomic E-state index is 12.2. The summed E-state index contributed by atoms with van der Waals surface area (Å²) in [6.07, 6.45) is 29.3. The Kier molecular flexibility index (Phi) is 27.2. The van der Waals surface area contributed by atoms with Gasteiger partial charge in [0.15, 0.2) is 6.10 Å². The van der Waals surface area contributed by atoms with E-state index < -0.39 is 34.9 Å². The van der Waals surface area contributed by atoms with Crippen molar-refractivity contribution in [3.05, 3.63) is 24.7 Å². The van der Waals surface area contributed by atoms with Gasteiger partial charge >= 0.3 is 22.3 Å². The highest BCUT2D eigenvalue weighted by atomic mass is 32.3. The van der Waals surface area contributed by atoms with Crippen LogP contribution in [0.1, 0.15) is 162 Å². The van der Waals surface area contributed by atoms with Crippen LogP contribution in [0.4, 0.5) is 0 Å². The molecule has 1 unspecified atom stereocenters. The summed E-state index contributed by atoms with van der Waals surface area (Å²) >= 11 is 0. The minimum absolute atomic E-state index is 0.708. The van der Waals surface area contributed by atoms with Crippen LogP contribution in [-0.4, -0.2) is 31.0 Å². The Morgan fingerprint density at radius 3 is 1.37 bits per heavy atom. The molecule has 0 aliphatic carbocycles. The number of hydrogen-bond donors (Lipinski definition) is 1. The van der Waals surface area contributed by atoms with E-state index in [9.17, 15) is 18.0 Å². The maximum atomic E-state index is 12.2. The number of ether oxygens (including phenoxy) is 2. The van der Waals surface area contributed by atoms with Crippen LogP contribution in [0, 0.1) is 0 Å². The zero-order chi connectivity index (χ0) is 30.4. The molecule has 0 heterocycles. The maximum Gasteiger partial charge on any atom is 0.398 e. The van der Waals surface area contributed by atoms with Crippen molar-refractivity contribution in [2.24, 2.45) is 0 Å².